The van der Waals surface area contributed by atoms with Gasteiger partial charge in [-0.05, 0) is 32.9 Å². The first-order chi connectivity index (χ1) is 9.65. The molecule has 0 heterocycles. The van der Waals surface area contributed by atoms with E-state index in [1.54, 1.807) is 25.1 Å². The Labute approximate surface area is 118 Å². The number of carbonyl (C=O) groups excluding carboxylic acids is 1. The van der Waals surface area contributed by atoms with Crippen LogP contribution in [0.5, 0.6) is 0 Å². The lowest BCUT2D eigenvalue weighted by Gasteiger charge is -2.05. The topological polar surface area (TPSA) is 81.5 Å². The molecule has 20 heavy (non-hydrogen) atoms. The van der Waals surface area contributed by atoms with E-state index >= 15 is 0 Å². The van der Waals surface area contributed by atoms with E-state index < -0.39 is 0 Å². The Morgan fingerprint density at radius 2 is 2.10 bits per heavy atom. The molecule has 0 atom stereocenters. The van der Waals surface area contributed by atoms with Crippen molar-refractivity contribution in [2.75, 3.05) is 19.7 Å². The van der Waals surface area contributed by atoms with Crippen molar-refractivity contribution in [2.24, 2.45) is 0 Å². The zero-order chi connectivity index (χ0) is 14.8. The average molecular weight is 280 g/mol. The quantitative estimate of drug-likeness (QED) is 0.324. The second-order valence-electron chi connectivity index (χ2n) is 4.29. The number of nitrogens with one attached hydrogen (secondary N) is 1. The van der Waals surface area contributed by atoms with Gasteiger partial charge in [-0.15, -0.1) is 0 Å². The minimum atomic E-state index is -0.365. The van der Waals surface area contributed by atoms with Gasteiger partial charge in [0.25, 0.3) is 5.69 Å². The maximum Gasteiger partial charge on any atom is 0.305 e. The van der Waals surface area contributed by atoms with Gasteiger partial charge in [0, 0.05) is 18.1 Å². The molecule has 0 aliphatic carbocycles. The Morgan fingerprint density at radius 3 is 2.80 bits per heavy atom. The highest BCUT2D eigenvalue weighted by Gasteiger charge is 2.11. The summed E-state index contributed by atoms with van der Waals surface area (Å²) in [5.41, 5.74) is 0.871. The third-order valence-electron chi connectivity index (χ3n) is 2.80. The first-order valence-electron chi connectivity index (χ1n) is 6.73. The van der Waals surface area contributed by atoms with Crippen LogP contribution in [0.25, 0.3) is 0 Å². The van der Waals surface area contributed by atoms with Crippen LogP contribution >= 0.6 is 0 Å². The highest BCUT2D eigenvalue weighted by Crippen LogP contribution is 2.17. The molecule has 1 N–H and O–H groups in total. The van der Waals surface area contributed by atoms with Crippen molar-refractivity contribution in [1.29, 1.82) is 0 Å². The molecule has 1 aromatic carbocycles. The van der Waals surface area contributed by atoms with Gasteiger partial charge in [-0.3, -0.25) is 14.9 Å². The zero-order valence-electron chi connectivity index (χ0n) is 11.6. The van der Waals surface area contributed by atoms with E-state index in [1.165, 1.54) is 6.07 Å². The van der Waals surface area contributed by atoms with Crippen LogP contribution < -0.4 is 5.32 Å². The molecule has 110 valence electrons. The fraction of sp³-hybridized carbons (Fsp3) is 0.500. The van der Waals surface area contributed by atoms with Crippen LogP contribution in [-0.4, -0.2) is 30.6 Å². The Bertz CT molecular complexity index is 449. The lowest BCUT2D eigenvalue weighted by Crippen LogP contribution is -2.20. The molecular weight excluding hydrogens is 260 g/mol. The number of ether oxygens (including phenoxy) is 1. The van der Waals surface area contributed by atoms with Gasteiger partial charge in [0.2, 0.25) is 0 Å². The molecule has 0 aliphatic heterocycles. The number of para-hydroxylation sites is 1. The van der Waals surface area contributed by atoms with Crippen molar-refractivity contribution < 1.29 is 14.5 Å². The van der Waals surface area contributed by atoms with Crippen LogP contribution in [0.4, 0.5) is 5.69 Å². The van der Waals surface area contributed by atoms with Gasteiger partial charge in [-0.25, -0.2) is 0 Å². The standard InChI is InChI=1S/C14H20N2O4/c1-2-20-14(17)8-5-10-15-11-9-12-6-3-4-7-13(12)16(18)19/h3-4,6-7,15H,2,5,8-11H2,1H3. The van der Waals surface area contributed by atoms with Crippen LogP contribution in [0.1, 0.15) is 25.3 Å². The van der Waals surface area contributed by atoms with E-state index in [2.05, 4.69) is 5.32 Å². The van der Waals surface area contributed by atoms with Gasteiger partial charge in [0.05, 0.1) is 11.5 Å². The number of nitro benzene ring substituents is 1. The lowest BCUT2D eigenvalue weighted by atomic mass is 10.1. The molecule has 0 fully saturated rings. The van der Waals surface area contributed by atoms with Crippen LogP contribution in [0.3, 0.4) is 0 Å². The fourth-order valence-electron chi connectivity index (χ4n) is 1.84. The van der Waals surface area contributed by atoms with Crippen molar-refractivity contribution in [2.45, 2.75) is 26.2 Å². The van der Waals surface area contributed by atoms with Gasteiger partial charge in [-0.1, -0.05) is 18.2 Å². The van der Waals surface area contributed by atoms with Crippen LogP contribution in [0.15, 0.2) is 24.3 Å². The summed E-state index contributed by atoms with van der Waals surface area (Å²) in [6, 6.07) is 6.73. The lowest BCUT2D eigenvalue weighted by molar-refractivity contribution is -0.385. The summed E-state index contributed by atoms with van der Waals surface area (Å²) in [4.78, 5) is 21.6. The van der Waals surface area contributed by atoms with Gasteiger partial charge >= 0.3 is 5.97 Å². The number of benzene rings is 1. The summed E-state index contributed by atoms with van der Waals surface area (Å²) in [5.74, 6) is -0.187. The molecule has 6 nitrogen and oxygen atoms in total. The van der Waals surface area contributed by atoms with Gasteiger partial charge < -0.3 is 10.1 Å². The maximum atomic E-state index is 11.1. The zero-order valence-corrected chi connectivity index (χ0v) is 11.6. The van der Waals surface area contributed by atoms with Crippen LogP contribution in [0, 0.1) is 10.1 Å². The van der Waals surface area contributed by atoms with Gasteiger partial charge in [-0.2, -0.15) is 0 Å². The predicted molar refractivity (Wildman–Crippen MR) is 75.5 cm³/mol. The van der Waals surface area contributed by atoms with Gasteiger partial charge in [0.15, 0.2) is 0 Å². The van der Waals surface area contributed by atoms with Crippen molar-refractivity contribution >= 4 is 11.7 Å². The number of nitrogens with zero attached hydrogens (tertiary/aromatic N) is 1. The summed E-state index contributed by atoms with van der Waals surface area (Å²) in [6.07, 6.45) is 1.69. The predicted octanol–water partition coefficient (Wildman–Crippen LogP) is 2.07. The first-order valence-corrected chi connectivity index (χ1v) is 6.73. The smallest absolute Gasteiger partial charge is 0.305 e. The normalized spacial score (nSPS) is 10.2. The molecule has 1 aromatic rings. The first kappa shape index (κ1) is 16.1. The second kappa shape index (κ2) is 9.03. The number of rotatable bonds is 9. The molecule has 6 heteroatoms. The van der Waals surface area contributed by atoms with E-state index in [1.807, 2.05) is 0 Å². The number of nitro groups is 1. The molecule has 1 rings (SSSR count). The summed E-state index contributed by atoms with van der Waals surface area (Å²) in [6.45, 7) is 3.53. The number of hydrogen-bond donors (Lipinski definition) is 1. The van der Waals surface area contributed by atoms with Crippen molar-refractivity contribution in [3.8, 4) is 0 Å². The summed E-state index contributed by atoms with van der Waals surface area (Å²) in [5, 5.41) is 14.0. The second-order valence-corrected chi connectivity index (χ2v) is 4.29. The highest BCUT2D eigenvalue weighted by molar-refractivity contribution is 5.69. The molecule has 0 saturated carbocycles. The third-order valence-corrected chi connectivity index (χ3v) is 2.80. The van der Waals surface area contributed by atoms with Crippen LogP contribution in [0.2, 0.25) is 0 Å². The molecule has 0 unspecified atom stereocenters. The number of hydrogen-bond acceptors (Lipinski definition) is 5. The molecular formula is C14H20N2O4. The Kier molecular flexibility index (Phi) is 7.27. The summed E-state index contributed by atoms with van der Waals surface area (Å²) < 4.78 is 4.82. The Balaban J connectivity index is 2.22. The number of carbonyl (C=O) groups is 1. The molecule has 0 amide bonds. The van der Waals surface area contributed by atoms with Crippen molar-refractivity contribution in [1.82, 2.24) is 5.32 Å². The third kappa shape index (κ3) is 5.79. The van der Waals surface area contributed by atoms with E-state index in [-0.39, 0.29) is 16.6 Å². The monoisotopic (exact) mass is 280 g/mol. The minimum Gasteiger partial charge on any atom is -0.466 e. The SMILES string of the molecule is CCOC(=O)CCCNCCc1ccccc1[N+](=O)[O-]. The van der Waals surface area contributed by atoms with Crippen LogP contribution in [-0.2, 0) is 16.0 Å². The summed E-state index contributed by atoms with van der Waals surface area (Å²) >= 11 is 0. The Morgan fingerprint density at radius 1 is 1.35 bits per heavy atom. The molecule has 0 saturated heterocycles. The minimum absolute atomic E-state index is 0.154. The maximum absolute atomic E-state index is 11.1. The molecule has 0 spiro atoms. The molecule has 0 bridgehead atoms. The molecule has 0 radical (unpaired) electrons. The largest absolute Gasteiger partial charge is 0.466 e. The van der Waals surface area contributed by atoms with E-state index in [9.17, 15) is 14.9 Å². The highest BCUT2D eigenvalue weighted by atomic mass is 16.6. The van der Waals surface area contributed by atoms with Crippen molar-refractivity contribution in [3.63, 3.8) is 0 Å². The summed E-state index contributed by atoms with van der Waals surface area (Å²) in [7, 11) is 0. The number of esters is 1. The molecule has 0 aliphatic rings. The molecule has 0 aromatic heterocycles. The van der Waals surface area contributed by atoms with E-state index in [4.69, 9.17) is 4.74 Å². The average Bonchev–Trinajstić information content (AvgIpc) is 2.43. The van der Waals surface area contributed by atoms with E-state index in [0.717, 1.165) is 5.56 Å². The van der Waals surface area contributed by atoms with Crippen molar-refractivity contribution in [3.05, 3.63) is 39.9 Å². The van der Waals surface area contributed by atoms with Gasteiger partial charge in [0.1, 0.15) is 0 Å². The van der Waals surface area contributed by atoms with E-state index in [0.29, 0.717) is 39.0 Å². The Hall–Kier alpha value is -1.95. The fourth-order valence-corrected chi connectivity index (χ4v) is 1.84.